The molecule has 2 saturated carbocycles. The van der Waals surface area contributed by atoms with Crippen molar-refractivity contribution in [2.75, 3.05) is 14.2 Å². The zero-order valence-electron chi connectivity index (χ0n) is 19.9. The van der Waals surface area contributed by atoms with Crippen LogP contribution in [0, 0.1) is 23.7 Å². The van der Waals surface area contributed by atoms with Gasteiger partial charge in [-0.25, -0.2) is 0 Å². The Hall–Kier alpha value is -4.08. The Bertz CT molecular complexity index is 989. The van der Waals surface area contributed by atoms with Crippen molar-refractivity contribution in [3.05, 3.63) is 59.7 Å². The summed E-state index contributed by atoms with van der Waals surface area (Å²) < 4.78 is 20.1. The number of carboxylic acid groups (broad SMARTS) is 2. The summed E-state index contributed by atoms with van der Waals surface area (Å²) in [5.41, 5.74) is 1.69. The van der Waals surface area contributed by atoms with Gasteiger partial charge in [0.05, 0.1) is 37.9 Å². The maximum atomic E-state index is 11.5. The zero-order valence-corrected chi connectivity index (χ0v) is 19.9. The average molecular weight is 501 g/mol. The molecule has 0 aromatic heterocycles. The van der Waals surface area contributed by atoms with E-state index in [1.165, 1.54) is 0 Å². The minimum absolute atomic E-state index is 0.158. The third kappa shape index (κ3) is 7.46. The lowest BCUT2D eigenvalue weighted by atomic mass is 10.2. The molecule has 0 amide bonds. The standard InChI is InChI=1S/2C13H14O5/c2*1-17-9-4-2-8(3-5-9)7-18-13(16)11-6-10(11)12(14)15/h2*2-5,10-11H,6-7H2,1H3,(H,14,15)/t2*10-,11+/m11/s1. The van der Waals surface area contributed by atoms with Crippen molar-refractivity contribution < 1.29 is 48.3 Å². The highest BCUT2D eigenvalue weighted by Crippen LogP contribution is 2.40. The number of esters is 2. The molecule has 2 N–H and O–H groups in total. The first-order valence-corrected chi connectivity index (χ1v) is 11.3. The van der Waals surface area contributed by atoms with E-state index in [9.17, 15) is 19.2 Å². The first-order valence-electron chi connectivity index (χ1n) is 11.3. The van der Waals surface area contributed by atoms with Crippen LogP contribution in [0.15, 0.2) is 48.5 Å². The fourth-order valence-electron chi connectivity index (χ4n) is 3.42. The second-order valence-electron chi connectivity index (χ2n) is 8.49. The molecule has 0 saturated heterocycles. The van der Waals surface area contributed by atoms with Crippen LogP contribution in [0.1, 0.15) is 24.0 Å². The molecule has 0 unspecified atom stereocenters. The van der Waals surface area contributed by atoms with Gasteiger partial charge in [0, 0.05) is 0 Å². The van der Waals surface area contributed by atoms with Crippen LogP contribution < -0.4 is 9.47 Å². The quantitative estimate of drug-likeness (QED) is 0.467. The minimum Gasteiger partial charge on any atom is -0.497 e. The molecular weight excluding hydrogens is 472 g/mol. The SMILES string of the molecule is COc1ccc(COC(=O)[C@H]2C[C@H]2C(=O)O)cc1.COc1ccc(COC(=O)[C@H]2C[C@H]2C(=O)O)cc1. The predicted octanol–water partition coefficient (Wildman–Crippen LogP) is 2.92. The van der Waals surface area contributed by atoms with E-state index in [2.05, 4.69) is 0 Å². The number of hydrogen-bond donors (Lipinski definition) is 2. The normalized spacial score (nSPS) is 21.2. The van der Waals surface area contributed by atoms with Crippen LogP contribution in [-0.2, 0) is 41.9 Å². The van der Waals surface area contributed by atoms with Gasteiger partial charge in [-0.15, -0.1) is 0 Å². The van der Waals surface area contributed by atoms with Crippen LogP contribution in [0.3, 0.4) is 0 Å². The van der Waals surface area contributed by atoms with E-state index in [0.29, 0.717) is 12.8 Å². The summed E-state index contributed by atoms with van der Waals surface area (Å²) in [5, 5.41) is 17.4. The Kier molecular flexibility index (Phi) is 8.88. The zero-order chi connectivity index (χ0) is 26.2. The van der Waals surface area contributed by atoms with Crippen LogP contribution in [0.5, 0.6) is 11.5 Å². The lowest BCUT2D eigenvalue weighted by Gasteiger charge is -2.05. The molecule has 2 fully saturated rings. The fourth-order valence-corrected chi connectivity index (χ4v) is 3.42. The van der Waals surface area contributed by atoms with Gasteiger partial charge in [0.25, 0.3) is 0 Å². The summed E-state index contributed by atoms with van der Waals surface area (Å²) >= 11 is 0. The van der Waals surface area contributed by atoms with Crippen LogP contribution >= 0.6 is 0 Å². The van der Waals surface area contributed by atoms with Crippen molar-refractivity contribution in [1.29, 1.82) is 0 Å². The summed E-state index contributed by atoms with van der Waals surface area (Å²) in [4.78, 5) is 44.2. The van der Waals surface area contributed by atoms with E-state index < -0.39 is 47.5 Å². The maximum Gasteiger partial charge on any atom is 0.310 e. The Morgan fingerprint density at radius 2 is 0.972 bits per heavy atom. The predicted molar refractivity (Wildman–Crippen MR) is 124 cm³/mol. The van der Waals surface area contributed by atoms with E-state index in [1.54, 1.807) is 62.8 Å². The van der Waals surface area contributed by atoms with Crippen LogP contribution in [0.25, 0.3) is 0 Å². The number of methoxy groups -OCH3 is 2. The van der Waals surface area contributed by atoms with Gasteiger partial charge in [-0.3, -0.25) is 19.2 Å². The highest BCUT2D eigenvalue weighted by molar-refractivity contribution is 5.86. The van der Waals surface area contributed by atoms with Crippen molar-refractivity contribution in [2.24, 2.45) is 23.7 Å². The number of benzene rings is 2. The molecule has 0 radical (unpaired) electrons. The number of ether oxygens (including phenoxy) is 4. The van der Waals surface area contributed by atoms with Gasteiger partial charge in [0.1, 0.15) is 24.7 Å². The number of carboxylic acids is 2. The average Bonchev–Trinajstić information content (AvgIpc) is 3.80. The van der Waals surface area contributed by atoms with E-state index in [4.69, 9.17) is 29.2 Å². The largest absolute Gasteiger partial charge is 0.497 e. The Labute approximate surface area is 207 Å². The molecular formula is C26H28O10. The molecule has 2 aromatic carbocycles. The molecule has 4 atom stereocenters. The Balaban J connectivity index is 0.000000201. The molecule has 0 aliphatic heterocycles. The summed E-state index contributed by atoms with van der Waals surface area (Å²) in [6.07, 6.45) is 0.771. The van der Waals surface area contributed by atoms with Crippen molar-refractivity contribution in [2.45, 2.75) is 26.1 Å². The molecule has 2 aromatic rings. The Morgan fingerprint density at radius 3 is 1.22 bits per heavy atom. The van der Waals surface area contributed by atoms with Crippen LogP contribution in [-0.4, -0.2) is 48.3 Å². The van der Waals surface area contributed by atoms with Crippen molar-refractivity contribution in [1.82, 2.24) is 0 Å². The van der Waals surface area contributed by atoms with E-state index >= 15 is 0 Å². The van der Waals surface area contributed by atoms with Crippen LogP contribution in [0.4, 0.5) is 0 Å². The molecule has 0 spiro atoms. The molecule has 10 heteroatoms. The van der Waals surface area contributed by atoms with Crippen LogP contribution in [0.2, 0.25) is 0 Å². The highest BCUT2D eigenvalue weighted by Gasteiger charge is 2.50. The third-order valence-corrected chi connectivity index (χ3v) is 5.90. The van der Waals surface area contributed by atoms with E-state index in [-0.39, 0.29) is 13.2 Å². The lowest BCUT2D eigenvalue weighted by molar-refractivity contribution is -0.150. The molecule has 2 aliphatic carbocycles. The number of aliphatic carboxylic acids is 2. The fraction of sp³-hybridized carbons (Fsp3) is 0.385. The molecule has 0 heterocycles. The smallest absolute Gasteiger partial charge is 0.310 e. The van der Waals surface area contributed by atoms with Gasteiger partial charge in [0.2, 0.25) is 0 Å². The second kappa shape index (κ2) is 12.1. The van der Waals surface area contributed by atoms with Gasteiger partial charge in [-0.05, 0) is 48.2 Å². The van der Waals surface area contributed by atoms with Crippen molar-refractivity contribution in [3.8, 4) is 11.5 Å². The molecule has 36 heavy (non-hydrogen) atoms. The number of carbonyl (C=O) groups is 4. The topological polar surface area (TPSA) is 146 Å². The summed E-state index contributed by atoms with van der Waals surface area (Å²) in [6.45, 7) is 0.317. The Morgan fingerprint density at radius 1 is 0.639 bits per heavy atom. The van der Waals surface area contributed by atoms with E-state index in [0.717, 1.165) is 22.6 Å². The summed E-state index contributed by atoms with van der Waals surface area (Å²) in [6, 6.07) is 14.3. The number of hydrogen-bond acceptors (Lipinski definition) is 8. The van der Waals surface area contributed by atoms with Gasteiger partial charge >= 0.3 is 23.9 Å². The second-order valence-corrected chi connectivity index (χ2v) is 8.49. The summed E-state index contributed by atoms with van der Waals surface area (Å²) in [5.74, 6) is -3.32. The molecule has 2 aliphatic rings. The van der Waals surface area contributed by atoms with Gasteiger partial charge in [0.15, 0.2) is 0 Å². The summed E-state index contributed by atoms with van der Waals surface area (Å²) in [7, 11) is 3.16. The minimum atomic E-state index is -0.929. The monoisotopic (exact) mass is 500 g/mol. The van der Waals surface area contributed by atoms with E-state index in [1.807, 2.05) is 0 Å². The molecule has 10 nitrogen and oxygen atoms in total. The molecule has 0 bridgehead atoms. The van der Waals surface area contributed by atoms with Gasteiger partial charge < -0.3 is 29.2 Å². The number of carbonyl (C=O) groups excluding carboxylic acids is 2. The molecule has 4 rings (SSSR count). The highest BCUT2D eigenvalue weighted by atomic mass is 16.5. The van der Waals surface area contributed by atoms with Gasteiger partial charge in [-0.2, -0.15) is 0 Å². The first-order chi connectivity index (χ1) is 17.2. The maximum absolute atomic E-state index is 11.5. The van der Waals surface area contributed by atoms with Gasteiger partial charge in [-0.1, -0.05) is 24.3 Å². The molecule has 192 valence electrons. The third-order valence-electron chi connectivity index (χ3n) is 5.90. The van der Waals surface area contributed by atoms with Crippen molar-refractivity contribution in [3.63, 3.8) is 0 Å². The lowest BCUT2D eigenvalue weighted by Crippen LogP contribution is -2.11. The van der Waals surface area contributed by atoms with Crippen molar-refractivity contribution >= 4 is 23.9 Å². The first kappa shape index (κ1) is 26.5. The number of rotatable bonds is 10.